The third kappa shape index (κ3) is 4.10. The summed E-state index contributed by atoms with van der Waals surface area (Å²) in [6, 6.07) is 16.9. The standard InChI is InChI=1S/C23H16FNO5S/c1-14-2-7-18(8-3-14)25-22(26)15-4-11-20-16(12-15)13-21(23(27)30-20)31(28,29)19-9-5-17(24)6-10-19/h2-13H,1H3,(H,25,26). The van der Waals surface area contributed by atoms with Gasteiger partial charge in [0.1, 0.15) is 11.4 Å². The molecule has 4 aromatic rings. The summed E-state index contributed by atoms with van der Waals surface area (Å²) in [5.41, 5.74) is 0.999. The van der Waals surface area contributed by atoms with Crippen LogP contribution in [0.4, 0.5) is 10.1 Å². The average Bonchev–Trinajstić information content (AvgIpc) is 2.74. The van der Waals surface area contributed by atoms with Crippen LogP contribution < -0.4 is 10.9 Å². The molecule has 0 aliphatic rings. The van der Waals surface area contributed by atoms with E-state index in [4.69, 9.17) is 4.42 Å². The van der Waals surface area contributed by atoms with Gasteiger partial charge in [0.2, 0.25) is 9.84 Å². The highest BCUT2D eigenvalue weighted by molar-refractivity contribution is 7.91. The van der Waals surface area contributed by atoms with Crippen molar-refractivity contribution in [3.8, 4) is 0 Å². The maximum absolute atomic E-state index is 13.1. The lowest BCUT2D eigenvalue weighted by Gasteiger charge is -2.08. The smallest absolute Gasteiger partial charge is 0.355 e. The molecule has 1 aromatic heterocycles. The summed E-state index contributed by atoms with van der Waals surface area (Å²) < 4.78 is 44.0. The first kappa shape index (κ1) is 20.5. The van der Waals surface area contributed by atoms with Crippen molar-refractivity contribution >= 4 is 32.4 Å². The topological polar surface area (TPSA) is 93.4 Å². The first-order valence-corrected chi connectivity index (χ1v) is 10.7. The quantitative estimate of drug-likeness (QED) is 0.379. The molecule has 0 saturated carbocycles. The molecule has 1 amide bonds. The minimum Gasteiger partial charge on any atom is -0.422 e. The molecule has 0 saturated heterocycles. The molecule has 1 N–H and O–H groups in total. The molecule has 31 heavy (non-hydrogen) atoms. The van der Waals surface area contributed by atoms with Gasteiger partial charge in [-0.1, -0.05) is 17.7 Å². The summed E-state index contributed by atoms with van der Waals surface area (Å²) in [7, 11) is -4.24. The monoisotopic (exact) mass is 437 g/mol. The zero-order valence-electron chi connectivity index (χ0n) is 16.3. The second-order valence-corrected chi connectivity index (χ2v) is 8.85. The van der Waals surface area contributed by atoms with E-state index in [0.717, 1.165) is 35.9 Å². The summed E-state index contributed by atoms with van der Waals surface area (Å²) in [4.78, 5) is 24.1. The van der Waals surface area contributed by atoms with E-state index in [1.165, 1.54) is 18.2 Å². The SMILES string of the molecule is Cc1ccc(NC(=O)c2ccc3oc(=O)c(S(=O)(=O)c4ccc(F)cc4)cc3c2)cc1. The predicted octanol–water partition coefficient (Wildman–Crippen LogP) is 4.33. The van der Waals surface area contributed by atoms with Crippen molar-refractivity contribution in [3.05, 3.63) is 100 Å². The molecule has 156 valence electrons. The number of aryl methyl sites for hydroxylation is 1. The lowest BCUT2D eigenvalue weighted by molar-refractivity contribution is 0.102. The van der Waals surface area contributed by atoms with Crippen molar-refractivity contribution in [1.82, 2.24) is 0 Å². The Morgan fingerprint density at radius 1 is 0.935 bits per heavy atom. The van der Waals surface area contributed by atoms with E-state index in [9.17, 15) is 22.4 Å². The van der Waals surface area contributed by atoms with E-state index in [-0.39, 0.29) is 21.4 Å². The van der Waals surface area contributed by atoms with E-state index in [2.05, 4.69) is 5.32 Å². The Morgan fingerprint density at radius 2 is 1.61 bits per heavy atom. The highest BCUT2D eigenvalue weighted by atomic mass is 32.2. The molecular formula is C23H16FNO5S. The molecule has 1 heterocycles. The molecule has 4 rings (SSSR count). The van der Waals surface area contributed by atoms with E-state index in [1.807, 2.05) is 19.1 Å². The van der Waals surface area contributed by atoms with E-state index in [0.29, 0.717) is 5.69 Å². The van der Waals surface area contributed by atoms with Gasteiger partial charge in [-0.25, -0.2) is 17.6 Å². The Bertz CT molecular complexity index is 1460. The Labute approximate surface area is 176 Å². The molecular weight excluding hydrogens is 421 g/mol. The molecule has 0 radical (unpaired) electrons. The van der Waals surface area contributed by atoms with Gasteiger partial charge in [-0.3, -0.25) is 4.79 Å². The molecule has 0 aliphatic carbocycles. The fourth-order valence-corrected chi connectivity index (χ4v) is 4.31. The molecule has 6 nitrogen and oxygen atoms in total. The first-order valence-electron chi connectivity index (χ1n) is 9.21. The third-order valence-corrected chi connectivity index (χ3v) is 6.44. The van der Waals surface area contributed by atoms with Crippen molar-refractivity contribution in [2.45, 2.75) is 16.7 Å². The van der Waals surface area contributed by atoms with Crippen molar-refractivity contribution < 1.29 is 22.0 Å². The van der Waals surface area contributed by atoms with Gasteiger partial charge in [0.05, 0.1) is 4.90 Å². The molecule has 0 bridgehead atoms. The molecule has 0 unspecified atom stereocenters. The lowest BCUT2D eigenvalue weighted by atomic mass is 10.1. The minimum atomic E-state index is -4.24. The summed E-state index contributed by atoms with van der Waals surface area (Å²) in [5, 5.41) is 3.01. The molecule has 0 atom stereocenters. The number of hydrogen-bond acceptors (Lipinski definition) is 5. The number of hydrogen-bond donors (Lipinski definition) is 1. The number of amides is 1. The van der Waals surface area contributed by atoms with Crippen LogP contribution in [-0.2, 0) is 9.84 Å². The van der Waals surface area contributed by atoms with Crippen LogP contribution in [0.25, 0.3) is 11.0 Å². The van der Waals surface area contributed by atoms with Crippen LogP contribution in [0.15, 0.2) is 91.8 Å². The Kier molecular flexibility index (Phi) is 5.16. The number of anilines is 1. The maximum atomic E-state index is 13.1. The first-order chi connectivity index (χ1) is 14.7. The number of sulfone groups is 1. The second kappa shape index (κ2) is 7.81. The van der Waals surface area contributed by atoms with E-state index >= 15 is 0 Å². The molecule has 0 aliphatic heterocycles. The van der Waals surface area contributed by atoms with Gasteiger partial charge < -0.3 is 9.73 Å². The fourth-order valence-electron chi connectivity index (χ4n) is 3.01. The van der Waals surface area contributed by atoms with Gasteiger partial charge in [-0.15, -0.1) is 0 Å². The minimum absolute atomic E-state index is 0.134. The summed E-state index contributed by atoms with van der Waals surface area (Å²) in [6.07, 6.45) is 0. The highest BCUT2D eigenvalue weighted by Crippen LogP contribution is 2.23. The van der Waals surface area contributed by atoms with Crippen LogP contribution in [0.1, 0.15) is 15.9 Å². The third-order valence-electron chi connectivity index (χ3n) is 4.69. The summed E-state index contributed by atoms with van der Waals surface area (Å²) in [5.74, 6) is -1.01. The zero-order chi connectivity index (χ0) is 22.2. The van der Waals surface area contributed by atoms with Gasteiger partial charge in [-0.05, 0) is 67.6 Å². The molecule has 0 spiro atoms. The molecule has 3 aromatic carbocycles. The van der Waals surface area contributed by atoms with E-state index < -0.39 is 32.1 Å². The number of fused-ring (bicyclic) bond motifs is 1. The summed E-state index contributed by atoms with van der Waals surface area (Å²) >= 11 is 0. The fraction of sp³-hybridized carbons (Fsp3) is 0.0435. The van der Waals surface area contributed by atoms with Crippen LogP contribution >= 0.6 is 0 Å². The van der Waals surface area contributed by atoms with Gasteiger partial charge in [0.15, 0.2) is 4.90 Å². The average molecular weight is 437 g/mol. The van der Waals surface area contributed by atoms with Gasteiger partial charge >= 0.3 is 5.63 Å². The van der Waals surface area contributed by atoms with E-state index in [1.54, 1.807) is 12.1 Å². The van der Waals surface area contributed by atoms with Crippen molar-refractivity contribution in [1.29, 1.82) is 0 Å². The zero-order valence-corrected chi connectivity index (χ0v) is 17.1. The van der Waals surface area contributed by atoms with Crippen LogP contribution in [-0.4, -0.2) is 14.3 Å². The Morgan fingerprint density at radius 3 is 2.29 bits per heavy atom. The number of halogens is 1. The molecule has 8 heteroatoms. The van der Waals surface area contributed by atoms with Crippen LogP contribution in [0.5, 0.6) is 0 Å². The van der Waals surface area contributed by atoms with Crippen molar-refractivity contribution in [3.63, 3.8) is 0 Å². The Balaban J connectivity index is 1.73. The maximum Gasteiger partial charge on any atom is 0.355 e. The van der Waals surface area contributed by atoms with Crippen molar-refractivity contribution in [2.24, 2.45) is 0 Å². The number of rotatable bonds is 4. The largest absolute Gasteiger partial charge is 0.422 e. The number of nitrogens with one attached hydrogen (secondary N) is 1. The predicted molar refractivity (Wildman–Crippen MR) is 113 cm³/mol. The normalized spacial score (nSPS) is 11.4. The highest BCUT2D eigenvalue weighted by Gasteiger charge is 2.23. The second-order valence-electron chi connectivity index (χ2n) is 6.93. The van der Waals surface area contributed by atoms with Crippen LogP contribution in [0, 0.1) is 12.7 Å². The number of carbonyl (C=O) groups is 1. The summed E-state index contributed by atoms with van der Waals surface area (Å²) in [6.45, 7) is 1.93. The lowest BCUT2D eigenvalue weighted by Crippen LogP contribution is -2.15. The van der Waals surface area contributed by atoms with Gasteiger partial charge in [0.25, 0.3) is 5.91 Å². The number of benzene rings is 3. The van der Waals surface area contributed by atoms with Gasteiger partial charge in [0, 0.05) is 16.6 Å². The molecule has 0 fully saturated rings. The van der Waals surface area contributed by atoms with Crippen molar-refractivity contribution in [2.75, 3.05) is 5.32 Å². The van der Waals surface area contributed by atoms with Gasteiger partial charge in [-0.2, -0.15) is 0 Å². The van der Waals surface area contributed by atoms with Crippen LogP contribution in [0.3, 0.4) is 0 Å². The Hall–Kier alpha value is -3.78. The van der Waals surface area contributed by atoms with Crippen LogP contribution in [0.2, 0.25) is 0 Å². The number of carbonyl (C=O) groups excluding carboxylic acids is 1.